The van der Waals surface area contributed by atoms with Gasteiger partial charge in [0.05, 0.1) is 12.5 Å². The van der Waals surface area contributed by atoms with Crippen molar-refractivity contribution in [3.63, 3.8) is 0 Å². The number of aliphatic hydroxyl groups is 1. The van der Waals surface area contributed by atoms with Crippen LogP contribution in [0.25, 0.3) is 0 Å². The zero-order valence-corrected chi connectivity index (χ0v) is 9.76. The lowest BCUT2D eigenvalue weighted by Gasteiger charge is -2.28. The Morgan fingerprint density at radius 1 is 1.29 bits per heavy atom. The molecule has 0 radical (unpaired) electrons. The predicted molar refractivity (Wildman–Crippen MR) is 61.2 cm³/mol. The van der Waals surface area contributed by atoms with Crippen molar-refractivity contribution in [2.45, 2.75) is 44.2 Å². The van der Waals surface area contributed by atoms with Gasteiger partial charge in [-0.05, 0) is 25.7 Å². The lowest BCUT2D eigenvalue weighted by molar-refractivity contribution is -0.139. The van der Waals surface area contributed by atoms with E-state index in [4.69, 9.17) is 10.8 Å². The summed E-state index contributed by atoms with van der Waals surface area (Å²) in [5.41, 5.74) is 5.23. The number of aliphatic hydroxyl groups excluding tert-OH is 1. The molecular weight excluding hydrogens is 224 g/mol. The van der Waals surface area contributed by atoms with Crippen molar-refractivity contribution in [2.24, 2.45) is 11.7 Å². The molecule has 1 aliphatic rings. The van der Waals surface area contributed by atoms with Gasteiger partial charge in [-0.25, -0.2) is 0 Å². The maximum atomic E-state index is 10.9. The number of primary amides is 1. The molecule has 0 spiro atoms. The zero-order chi connectivity index (χ0) is 12.8. The van der Waals surface area contributed by atoms with E-state index in [2.05, 4.69) is 5.32 Å². The van der Waals surface area contributed by atoms with Gasteiger partial charge >= 0.3 is 5.97 Å². The first-order valence-corrected chi connectivity index (χ1v) is 5.91. The number of hydrogen-bond acceptors (Lipinski definition) is 4. The Bertz CT molecular complexity index is 275. The Kier molecular flexibility index (Phi) is 5.37. The van der Waals surface area contributed by atoms with Crippen molar-refractivity contribution in [3.05, 3.63) is 0 Å². The molecule has 1 aliphatic carbocycles. The van der Waals surface area contributed by atoms with Crippen LogP contribution in [0.3, 0.4) is 0 Å². The molecule has 17 heavy (non-hydrogen) atoms. The lowest BCUT2D eigenvalue weighted by atomic mass is 9.85. The summed E-state index contributed by atoms with van der Waals surface area (Å²) in [6, 6.07) is 0.244. The summed E-state index contributed by atoms with van der Waals surface area (Å²) in [6.07, 6.45) is 2.11. The zero-order valence-electron chi connectivity index (χ0n) is 9.76. The summed E-state index contributed by atoms with van der Waals surface area (Å²) in [5, 5.41) is 21.0. The number of hydrogen-bond donors (Lipinski definition) is 4. The van der Waals surface area contributed by atoms with E-state index >= 15 is 0 Å². The van der Waals surface area contributed by atoms with E-state index in [0.29, 0.717) is 0 Å². The van der Waals surface area contributed by atoms with Crippen LogP contribution in [0.4, 0.5) is 0 Å². The van der Waals surface area contributed by atoms with Crippen LogP contribution < -0.4 is 11.1 Å². The highest BCUT2D eigenvalue weighted by molar-refractivity contribution is 5.76. The van der Waals surface area contributed by atoms with E-state index in [-0.39, 0.29) is 30.8 Å². The molecule has 0 aliphatic heterocycles. The molecule has 0 saturated heterocycles. The molecule has 0 heterocycles. The molecule has 1 unspecified atom stereocenters. The monoisotopic (exact) mass is 244 g/mol. The van der Waals surface area contributed by atoms with Crippen LogP contribution in [0.15, 0.2) is 0 Å². The number of aliphatic carboxylic acids is 1. The molecule has 0 aromatic heterocycles. The summed E-state index contributed by atoms with van der Waals surface area (Å²) >= 11 is 0. The van der Waals surface area contributed by atoms with Crippen LogP contribution in [0.2, 0.25) is 0 Å². The standard InChI is InChI=1S/C11H20N2O4/c12-11(17)7-1-3-8(4-2-7)13-6-9(14)5-10(15)16/h7-9,13-14H,1-6H2,(H2,12,17)(H,15,16). The summed E-state index contributed by atoms with van der Waals surface area (Å²) in [7, 11) is 0. The molecule has 6 nitrogen and oxygen atoms in total. The van der Waals surface area contributed by atoms with E-state index in [1.807, 2.05) is 0 Å². The van der Waals surface area contributed by atoms with Gasteiger partial charge in [0.1, 0.15) is 0 Å². The van der Waals surface area contributed by atoms with E-state index in [1.54, 1.807) is 0 Å². The quantitative estimate of drug-likeness (QED) is 0.501. The van der Waals surface area contributed by atoms with Gasteiger partial charge in [0.15, 0.2) is 0 Å². The second kappa shape index (κ2) is 6.56. The first-order chi connectivity index (χ1) is 7.99. The maximum absolute atomic E-state index is 10.9. The van der Waals surface area contributed by atoms with Crippen LogP contribution in [0, 0.1) is 5.92 Å². The molecule has 0 aromatic carbocycles. The fraction of sp³-hybridized carbons (Fsp3) is 0.818. The van der Waals surface area contributed by atoms with Crippen molar-refractivity contribution in [2.75, 3.05) is 6.54 Å². The molecule has 98 valence electrons. The van der Waals surface area contributed by atoms with Crippen molar-refractivity contribution < 1.29 is 19.8 Å². The number of carboxylic acids is 1. The van der Waals surface area contributed by atoms with E-state index in [0.717, 1.165) is 25.7 Å². The second-order valence-corrected chi connectivity index (χ2v) is 4.61. The molecule has 1 saturated carbocycles. The van der Waals surface area contributed by atoms with Gasteiger partial charge in [-0.15, -0.1) is 0 Å². The van der Waals surface area contributed by atoms with Crippen molar-refractivity contribution >= 4 is 11.9 Å². The Hall–Kier alpha value is -1.14. The molecule has 0 bridgehead atoms. The smallest absolute Gasteiger partial charge is 0.306 e. The minimum atomic E-state index is -1.00. The lowest BCUT2D eigenvalue weighted by Crippen LogP contribution is -2.40. The molecule has 1 amide bonds. The number of carbonyl (C=O) groups excluding carboxylic acids is 1. The van der Waals surface area contributed by atoms with E-state index in [1.165, 1.54) is 0 Å². The molecule has 1 atom stereocenters. The molecule has 1 rings (SSSR count). The Morgan fingerprint density at radius 3 is 2.35 bits per heavy atom. The molecule has 1 fully saturated rings. The fourth-order valence-electron chi connectivity index (χ4n) is 2.16. The van der Waals surface area contributed by atoms with Gasteiger partial charge in [-0.2, -0.15) is 0 Å². The summed E-state index contributed by atoms with van der Waals surface area (Å²) in [4.78, 5) is 21.3. The third-order valence-electron chi connectivity index (χ3n) is 3.18. The van der Waals surface area contributed by atoms with Crippen molar-refractivity contribution in [1.82, 2.24) is 5.32 Å². The van der Waals surface area contributed by atoms with Gasteiger partial charge in [0.25, 0.3) is 0 Å². The first-order valence-electron chi connectivity index (χ1n) is 5.91. The van der Waals surface area contributed by atoms with Crippen LogP contribution in [-0.2, 0) is 9.59 Å². The average Bonchev–Trinajstić information content (AvgIpc) is 2.26. The minimum Gasteiger partial charge on any atom is -0.481 e. The topological polar surface area (TPSA) is 113 Å². The summed E-state index contributed by atoms with van der Waals surface area (Å²) in [5.74, 6) is -1.27. The third kappa shape index (κ3) is 5.14. The summed E-state index contributed by atoms with van der Waals surface area (Å²) < 4.78 is 0. The fourth-order valence-corrected chi connectivity index (χ4v) is 2.16. The van der Waals surface area contributed by atoms with E-state index < -0.39 is 12.1 Å². The number of carbonyl (C=O) groups is 2. The van der Waals surface area contributed by atoms with Crippen molar-refractivity contribution in [1.29, 1.82) is 0 Å². The normalized spacial score (nSPS) is 26.4. The molecule has 0 aromatic rings. The van der Waals surface area contributed by atoms with Crippen molar-refractivity contribution in [3.8, 4) is 0 Å². The second-order valence-electron chi connectivity index (χ2n) is 4.61. The highest BCUT2D eigenvalue weighted by atomic mass is 16.4. The van der Waals surface area contributed by atoms with Gasteiger partial charge in [0.2, 0.25) is 5.91 Å². The molecule has 6 heteroatoms. The Balaban J connectivity index is 2.18. The first kappa shape index (κ1) is 13.9. The van der Waals surface area contributed by atoms with Gasteiger partial charge in [-0.1, -0.05) is 0 Å². The number of amides is 1. The van der Waals surface area contributed by atoms with Crippen LogP contribution in [-0.4, -0.2) is 40.8 Å². The highest BCUT2D eigenvalue weighted by Crippen LogP contribution is 2.23. The predicted octanol–water partition coefficient (Wildman–Crippen LogP) is -0.544. The van der Waals surface area contributed by atoms with Gasteiger partial charge in [-0.3, -0.25) is 9.59 Å². The number of rotatable bonds is 6. The Morgan fingerprint density at radius 2 is 1.88 bits per heavy atom. The SMILES string of the molecule is NC(=O)C1CCC(NCC(O)CC(=O)O)CC1. The van der Waals surface area contributed by atoms with Gasteiger partial charge in [0, 0.05) is 18.5 Å². The molecular formula is C11H20N2O4. The number of carboxylic acid groups (broad SMARTS) is 1. The number of nitrogens with one attached hydrogen (secondary N) is 1. The van der Waals surface area contributed by atoms with Crippen LogP contribution in [0.5, 0.6) is 0 Å². The molecule has 5 N–H and O–H groups in total. The van der Waals surface area contributed by atoms with E-state index in [9.17, 15) is 14.7 Å². The van der Waals surface area contributed by atoms with Gasteiger partial charge < -0.3 is 21.3 Å². The third-order valence-corrected chi connectivity index (χ3v) is 3.18. The highest BCUT2D eigenvalue weighted by Gasteiger charge is 2.24. The summed E-state index contributed by atoms with van der Waals surface area (Å²) in [6.45, 7) is 0.276. The largest absolute Gasteiger partial charge is 0.481 e. The van der Waals surface area contributed by atoms with Crippen LogP contribution in [0.1, 0.15) is 32.1 Å². The number of nitrogens with two attached hydrogens (primary N) is 1. The maximum Gasteiger partial charge on any atom is 0.306 e. The Labute approximate surface area is 100 Å². The van der Waals surface area contributed by atoms with Crippen LogP contribution >= 0.6 is 0 Å². The average molecular weight is 244 g/mol. The minimum absolute atomic E-state index is 0.0306.